The van der Waals surface area contributed by atoms with Crippen LogP contribution in [0, 0.1) is 6.92 Å². The fourth-order valence-electron chi connectivity index (χ4n) is 4.09. The number of aryl methyl sites for hydroxylation is 1. The summed E-state index contributed by atoms with van der Waals surface area (Å²) >= 11 is 1.78. The Balaban J connectivity index is 0.00000243. The molecular formula is C19H34IN5S. The molecule has 0 spiro atoms. The second-order valence-electron chi connectivity index (χ2n) is 7.38. The van der Waals surface area contributed by atoms with Crippen molar-refractivity contribution in [3.05, 3.63) is 16.1 Å². The third-order valence-electron chi connectivity index (χ3n) is 5.41. The molecule has 2 aliphatic rings. The van der Waals surface area contributed by atoms with Crippen LogP contribution in [0.25, 0.3) is 0 Å². The average molecular weight is 491 g/mol. The summed E-state index contributed by atoms with van der Waals surface area (Å²) in [5, 5.41) is 8.30. The third-order valence-corrected chi connectivity index (χ3v) is 6.38. The molecule has 2 fully saturated rings. The maximum absolute atomic E-state index is 4.43. The van der Waals surface area contributed by atoms with E-state index in [1.54, 1.807) is 11.3 Å². The van der Waals surface area contributed by atoms with E-state index >= 15 is 0 Å². The normalized spacial score (nSPS) is 22.7. The van der Waals surface area contributed by atoms with Crippen LogP contribution in [0.5, 0.6) is 0 Å². The molecule has 26 heavy (non-hydrogen) atoms. The van der Waals surface area contributed by atoms with Gasteiger partial charge in [-0.2, -0.15) is 0 Å². The molecule has 1 aliphatic heterocycles. The number of thiazole rings is 1. The van der Waals surface area contributed by atoms with Gasteiger partial charge in [0, 0.05) is 49.7 Å². The van der Waals surface area contributed by atoms with Crippen LogP contribution in [0.15, 0.2) is 11.2 Å². The van der Waals surface area contributed by atoms with E-state index in [1.807, 2.05) is 13.2 Å². The van der Waals surface area contributed by atoms with Crippen molar-refractivity contribution in [1.29, 1.82) is 0 Å². The fraction of sp³-hybridized carbons (Fsp3) is 0.789. The molecule has 2 N–H and O–H groups in total. The van der Waals surface area contributed by atoms with Crippen molar-refractivity contribution in [2.75, 3.05) is 26.7 Å². The number of rotatable bonds is 5. The maximum Gasteiger partial charge on any atom is 0.191 e. The van der Waals surface area contributed by atoms with Crippen molar-refractivity contribution in [1.82, 2.24) is 20.5 Å². The number of nitrogens with zero attached hydrogens (tertiary/aromatic N) is 3. The van der Waals surface area contributed by atoms with E-state index in [-0.39, 0.29) is 24.0 Å². The molecule has 0 amide bonds. The van der Waals surface area contributed by atoms with Gasteiger partial charge in [0.15, 0.2) is 5.96 Å². The summed E-state index contributed by atoms with van der Waals surface area (Å²) in [7, 11) is 1.87. The standard InChI is InChI=1S/C19H33N5S.HI/c1-15-13-22-18(25-15)10-11-21-19(20-2)23-16-7-6-12-24(14-16)17-8-4-3-5-9-17;/h13,16-17H,3-12,14H2,1-2H3,(H2,20,21,23);1H. The van der Waals surface area contributed by atoms with Gasteiger partial charge in [-0.25, -0.2) is 4.98 Å². The van der Waals surface area contributed by atoms with Crippen molar-refractivity contribution in [3.8, 4) is 0 Å². The highest BCUT2D eigenvalue weighted by Crippen LogP contribution is 2.25. The minimum Gasteiger partial charge on any atom is -0.356 e. The molecule has 3 rings (SSSR count). The number of guanidine groups is 1. The van der Waals surface area contributed by atoms with Gasteiger partial charge in [-0.15, -0.1) is 35.3 Å². The maximum atomic E-state index is 4.43. The van der Waals surface area contributed by atoms with Gasteiger partial charge in [-0.05, 0) is 39.2 Å². The van der Waals surface area contributed by atoms with Gasteiger partial charge < -0.3 is 10.6 Å². The minimum absolute atomic E-state index is 0. The molecule has 0 aromatic carbocycles. The lowest BCUT2D eigenvalue weighted by molar-refractivity contribution is 0.115. The molecule has 1 aromatic rings. The van der Waals surface area contributed by atoms with Crippen LogP contribution in [-0.4, -0.2) is 54.6 Å². The summed E-state index contributed by atoms with van der Waals surface area (Å²) in [5.74, 6) is 0.934. The molecule has 1 saturated carbocycles. The Morgan fingerprint density at radius 3 is 2.77 bits per heavy atom. The third kappa shape index (κ3) is 6.64. The van der Waals surface area contributed by atoms with Gasteiger partial charge >= 0.3 is 0 Å². The summed E-state index contributed by atoms with van der Waals surface area (Å²) in [6.07, 6.45) is 12.5. The molecule has 1 aliphatic carbocycles. The fourth-order valence-corrected chi connectivity index (χ4v) is 4.88. The summed E-state index contributed by atoms with van der Waals surface area (Å²) in [6.45, 7) is 5.43. The van der Waals surface area contributed by atoms with Gasteiger partial charge in [0.05, 0.1) is 5.01 Å². The predicted molar refractivity (Wildman–Crippen MR) is 122 cm³/mol. The highest BCUT2D eigenvalue weighted by Gasteiger charge is 2.27. The number of aliphatic imine (C=N–C) groups is 1. The van der Waals surface area contributed by atoms with Crippen molar-refractivity contribution >= 4 is 41.3 Å². The first-order chi connectivity index (χ1) is 12.2. The quantitative estimate of drug-likeness (QED) is 0.376. The summed E-state index contributed by atoms with van der Waals surface area (Å²) in [4.78, 5) is 12.9. The number of hydrogen-bond acceptors (Lipinski definition) is 4. The molecule has 7 heteroatoms. The van der Waals surface area contributed by atoms with Crippen LogP contribution >= 0.6 is 35.3 Å². The first-order valence-electron chi connectivity index (χ1n) is 9.87. The highest BCUT2D eigenvalue weighted by molar-refractivity contribution is 14.0. The number of halogens is 1. The molecule has 1 unspecified atom stereocenters. The number of piperidine rings is 1. The SMILES string of the molecule is CN=C(NCCc1ncc(C)s1)NC1CCCN(C2CCCCC2)C1.I. The molecule has 2 heterocycles. The summed E-state index contributed by atoms with van der Waals surface area (Å²) in [6, 6.07) is 1.34. The Morgan fingerprint density at radius 2 is 2.08 bits per heavy atom. The molecular weight excluding hydrogens is 457 g/mol. The van der Waals surface area contributed by atoms with E-state index < -0.39 is 0 Å². The molecule has 1 aromatic heterocycles. The molecule has 148 valence electrons. The highest BCUT2D eigenvalue weighted by atomic mass is 127. The molecule has 1 saturated heterocycles. The lowest BCUT2D eigenvalue weighted by atomic mass is 9.92. The summed E-state index contributed by atoms with van der Waals surface area (Å²) in [5.41, 5.74) is 0. The topological polar surface area (TPSA) is 52.6 Å². The van der Waals surface area contributed by atoms with Gasteiger partial charge in [0.25, 0.3) is 0 Å². The van der Waals surface area contributed by atoms with E-state index in [0.29, 0.717) is 6.04 Å². The zero-order valence-corrected chi connectivity index (χ0v) is 19.3. The van der Waals surface area contributed by atoms with Gasteiger partial charge in [0.1, 0.15) is 0 Å². The van der Waals surface area contributed by atoms with Crippen molar-refractivity contribution in [3.63, 3.8) is 0 Å². The molecule has 1 atom stereocenters. The Morgan fingerprint density at radius 1 is 1.27 bits per heavy atom. The average Bonchev–Trinajstić information content (AvgIpc) is 3.07. The van der Waals surface area contributed by atoms with Crippen LogP contribution in [0.2, 0.25) is 0 Å². The summed E-state index contributed by atoms with van der Waals surface area (Å²) < 4.78 is 0. The monoisotopic (exact) mass is 491 g/mol. The van der Waals surface area contributed by atoms with Crippen LogP contribution in [0.3, 0.4) is 0 Å². The Bertz CT molecular complexity index is 556. The van der Waals surface area contributed by atoms with Gasteiger partial charge in [0.2, 0.25) is 0 Å². The van der Waals surface area contributed by atoms with E-state index in [9.17, 15) is 0 Å². The van der Waals surface area contributed by atoms with E-state index in [0.717, 1.165) is 31.5 Å². The number of aromatic nitrogens is 1. The second kappa shape index (κ2) is 11.4. The second-order valence-corrected chi connectivity index (χ2v) is 8.70. The van der Waals surface area contributed by atoms with E-state index in [1.165, 1.54) is 61.4 Å². The zero-order chi connectivity index (χ0) is 17.5. The van der Waals surface area contributed by atoms with Gasteiger partial charge in [-0.1, -0.05) is 19.3 Å². The first-order valence-corrected chi connectivity index (χ1v) is 10.7. The molecule has 0 radical (unpaired) electrons. The van der Waals surface area contributed by atoms with Crippen molar-refractivity contribution in [2.24, 2.45) is 4.99 Å². The Labute approximate surface area is 179 Å². The smallest absolute Gasteiger partial charge is 0.191 e. The Hall–Kier alpha value is -0.410. The predicted octanol–water partition coefficient (Wildman–Crippen LogP) is 3.57. The zero-order valence-electron chi connectivity index (χ0n) is 16.2. The molecule has 0 bridgehead atoms. The van der Waals surface area contributed by atoms with Crippen molar-refractivity contribution in [2.45, 2.75) is 70.4 Å². The minimum atomic E-state index is 0. The lowest BCUT2D eigenvalue weighted by Gasteiger charge is -2.40. The van der Waals surface area contributed by atoms with Gasteiger partial charge in [-0.3, -0.25) is 9.89 Å². The lowest BCUT2D eigenvalue weighted by Crippen LogP contribution is -2.53. The van der Waals surface area contributed by atoms with Crippen LogP contribution in [-0.2, 0) is 6.42 Å². The van der Waals surface area contributed by atoms with E-state index in [2.05, 4.69) is 32.4 Å². The first kappa shape index (κ1) is 21.9. The molecule has 5 nitrogen and oxygen atoms in total. The number of hydrogen-bond donors (Lipinski definition) is 2. The van der Waals surface area contributed by atoms with E-state index in [4.69, 9.17) is 0 Å². The van der Waals surface area contributed by atoms with Crippen LogP contribution < -0.4 is 10.6 Å². The van der Waals surface area contributed by atoms with Crippen LogP contribution in [0.4, 0.5) is 0 Å². The number of nitrogens with one attached hydrogen (secondary N) is 2. The number of likely N-dealkylation sites (tertiary alicyclic amines) is 1. The largest absolute Gasteiger partial charge is 0.356 e. The van der Waals surface area contributed by atoms with Crippen molar-refractivity contribution < 1.29 is 0 Å². The van der Waals surface area contributed by atoms with Crippen LogP contribution in [0.1, 0.15) is 54.8 Å². The Kier molecular flexibility index (Phi) is 9.63.